The van der Waals surface area contributed by atoms with Crippen molar-refractivity contribution in [3.63, 3.8) is 0 Å². The van der Waals surface area contributed by atoms with Gasteiger partial charge in [0.1, 0.15) is 0 Å². The molecular weight excluding hydrogens is 192 g/mol. The molecule has 1 fully saturated rings. The summed E-state index contributed by atoms with van der Waals surface area (Å²) in [5, 5.41) is 3.52. The molecule has 2 rings (SSSR count). The highest BCUT2D eigenvalue weighted by molar-refractivity contribution is 7.09. The summed E-state index contributed by atoms with van der Waals surface area (Å²) in [7, 11) is 0. The average molecular weight is 210 g/mol. The first-order chi connectivity index (χ1) is 6.59. The number of aryl methyl sites for hydroxylation is 1. The Bertz CT molecular complexity index is 317. The summed E-state index contributed by atoms with van der Waals surface area (Å²) in [5.74, 6) is 0.885. The van der Waals surface area contributed by atoms with Crippen LogP contribution in [0.4, 0.5) is 0 Å². The minimum absolute atomic E-state index is 0.593. The Labute approximate surface area is 89.8 Å². The van der Waals surface area contributed by atoms with Gasteiger partial charge in [-0.3, -0.25) is 0 Å². The van der Waals surface area contributed by atoms with E-state index in [1.165, 1.54) is 17.0 Å². The van der Waals surface area contributed by atoms with Crippen molar-refractivity contribution in [1.82, 2.24) is 10.3 Å². The zero-order chi connectivity index (χ0) is 10.2. The summed E-state index contributed by atoms with van der Waals surface area (Å²) < 4.78 is 0. The second-order valence-corrected chi connectivity index (χ2v) is 5.82. The molecule has 0 spiro atoms. The van der Waals surface area contributed by atoms with E-state index in [1.807, 2.05) is 5.51 Å². The van der Waals surface area contributed by atoms with Crippen LogP contribution in [-0.2, 0) is 6.54 Å². The number of rotatable bonds is 4. The van der Waals surface area contributed by atoms with Gasteiger partial charge >= 0.3 is 0 Å². The minimum atomic E-state index is 0.593. The lowest BCUT2D eigenvalue weighted by atomic mass is 10.1. The lowest BCUT2D eigenvalue weighted by Gasteiger charge is -2.05. The molecule has 1 aromatic heterocycles. The molecule has 1 saturated carbocycles. The van der Waals surface area contributed by atoms with Gasteiger partial charge in [-0.05, 0) is 31.2 Å². The first-order valence-corrected chi connectivity index (χ1v) is 6.07. The molecule has 1 aromatic rings. The summed E-state index contributed by atoms with van der Waals surface area (Å²) in [4.78, 5) is 5.62. The minimum Gasteiger partial charge on any atom is -0.311 e. The molecule has 3 heteroatoms. The van der Waals surface area contributed by atoms with Gasteiger partial charge in [0, 0.05) is 11.4 Å². The maximum atomic E-state index is 4.24. The van der Waals surface area contributed by atoms with Crippen molar-refractivity contribution < 1.29 is 0 Å². The molecule has 1 aliphatic carbocycles. The number of thiazole rings is 1. The topological polar surface area (TPSA) is 24.9 Å². The van der Waals surface area contributed by atoms with Gasteiger partial charge < -0.3 is 5.32 Å². The van der Waals surface area contributed by atoms with Gasteiger partial charge in [0.05, 0.1) is 11.2 Å². The first-order valence-electron chi connectivity index (χ1n) is 5.19. The molecule has 0 saturated heterocycles. The third kappa shape index (κ3) is 2.15. The normalized spacial score (nSPS) is 23.8. The highest BCUT2D eigenvalue weighted by Crippen LogP contribution is 2.50. The van der Waals surface area contributed by atoms with Crippen molar-refractivity contribution in [2.45, 2.75) is 33.7 Å². The Balaban J connectivity index is 1.72. The van der Waals surface area contributed by atoms with Crippen LogP contribution in [0.3, 0.4) is 0 Å². The van der Waals surface area contributed by atoms with Crippen LogP contribution in [0.5, 0.6) is 0 Å². The van der Waals surface area contributed by atoms with Crippen molar-refractivity contribution in [2.24, 2.45) is 11.3 Å². The van der Waals surface area contributed by atoms with E-state index in [2.05, 4.69) is 31.1 Å². The molecule has 1 N–H and O–H groups in total. The number of nitrogens with zero attached hydrogens (tertiary/aromatic N) is 1. The van der Waals surface area contributed by atoms with Crippen molar-refractivity contribution in [3.8, 4) is 0 Å². The number of nitrogens with one attached hydrogen (secondary N) is 1. The monoisotopic (exact) mass is 210 g/mol. The van der Waals surface area contributed by atoms with Crippen LogP contribution in [-0.4, -0.2) is 11.5 Å². The summed E-state index contributed by atoms with van der Waals surface area (Å²) >= 11 is 1.75. The Morgan fingerprint density at radius 1 is 1.64 bits per heavy atom. The van der Waals surface area contributed by atoms with Gasteiger partial charge in [0.2, 0.25) is 0 Å². The molecule has 1 heterocycles. The van der Waals surface area contributed by atoms with Gasteiger partial charge in [0.15, 0.2) is 0 Å². The summed E-state index contributed by atoms with van der Waals surface area (Å²) in [5.41, 5.74) is 3.70. The lowest BCUT2D eigenvalue weighted by molar-refractivity contribution is 0.520. The van der Waals surface area contributed by atoms with Crippen molar-refractivity contribution in [1.29, 1.82) is 0 Å². The van der Waals surface area contributed by atoms with E-state index >= 15 is 0 Å². The zero-order valence-electron chi connectivity index (χ0n) is 9.13. The maximum Gasteiger partial charge on any atom is 0.0798 e. The largest absolute Gasteiger partial charge is 0.311 e. The van der Waals surface area contributed by atoms with Gasteiger partial charge in [-0.2, -0.15) is 0 Å². The third-order valence-corrected chi connectivity index (χ3v) is 4.17. The SMILES string of the molecule is Cc1ncsc1CNCC1CC1(C)C. The van der Waals surface area contributed by atoms with Crippen molar-refractivity contribution >= 4 is 11.3 Å². The molecule has 14 heavy (non-hydrogen) atoms. The maximum absolute atomic E-state index is 4.24. The molecule has 0 aromatic carbocycles. The quantitative estimate of drug-likeness (QED) is 0.826. The highest BCUT2D eigenvalue weighted by Gasteiger charge is 2.44. The Morgan fingerprint density at radius 3 is 2.86 bits per heavy atom. The van der Waals surface area contributed by atoms with Gasteiger partial charge in [-0.1, -0.05) is 13.8 Å². The summed E-state index contributed by atoms with van der Waals surface area (Å²) in [6, 6.07) is 0. The van der Waals surface area contributed by atoms with Crippen LogP contribution < -0.4 is 5.32 Å². The van der Waals surface area contributed by atoms with Crippen LogP contribution in [0.1, 0.15) is 30.8 Å². The van der Waals surface area contributed by atoms with Gasteiger partial charge in [-0.15, -0.1) is 11.3 Å². The summed E-state index contributed by atoms with van der Waals surface area (Å²) in [6.07, 6.45) is 1.38. The molecular formula is C11H18N2S. The van der Waals surface area contributed by atoms with E-state index in [0.717, 1.165) is 19.0 Å². The fourth-order valence-electron chi connectivity index (χ4n) is 1.78. The van der Waals surface area contributed by atoms with E-state index < -0.39 is 0 Å². The average Bonchev–Trinajstić information content (AvgIpc) is 2.53. The molecule has 0 amide bonds. The number of aromatic nitrogens is 1. The van der Waals surface area contributed by atoms with E-state index in [9.17, 15) is 0 Å². The molecule has 0 radical (unpaired) electrons. The second kappa shape index (κ2) is 3.63. The number of hydrogen-bond acceptors (Lipinski definition) is 3. The molecule has 0 bridgehead atoms. The Morgan fingerprint density at radius 2 is 2.36 bits per heavy atom. The fourth-order valence-corrected chi connectivity index (χ4v) is 2.53. The Hall–Kier alpha value is -0.410. The first kappa shape index (κ1) is 10.1. The molecule has 1 atom stereocenters. The Kier molecular flexibility index (Phi) is 2.62. The fraction of sp³-hybridized carbons (Fsp3) is 0.727. The smallest absolute Gasteiger partial charge is 0.0798 e. The number of hydrogen-bond donors (Lipinski definition) is 1. The van der Waals surface area contributed by atoms with E-state index in [1.54, 1.807) is 11.3 Å². The van der Waals surface area contributed by atoms with Crippen LogP contribution >= 0.6 is 11.3 Å². The van der Waals surface area contributed by atoms with Crippen LogP contribution in [0.25, 0.3) is 0 Å². The van der Waals surface area contributed by atoms with E-state index in [4.69, 9.17) is 0 Å². The molecule has 2 nitrogen and oxygen atoms in total. The predicted octanol–water partition coefficient (Wildman–Crippen LogP) is 2.59. The zero-order valence-corrected chi connectivity index (χ0v) is 9.95. The third-order valence-electron chi connectivity index (χ3n) is 3.24. The predicted molar refractivity (Wildman–Crippen MR) is 60.4 cm³/mol. The van der Waals surface area contributed by atoms with Crippen LogP contribution in [0.2, 0.25) is 0 Å². The van der Waals surface area contributed by atoms with Gasteiger partial charge in [0.25, 0.3) is 0 Å². The van der Waals surface area contributed by atoms with Crippen molar-refractivity contribution in [3.05, 3.63) is 16.1 Å². The molecule has 78 valence electrons. The van der Waals surface area contributed by atoms with Gasteiger partial charge in [-0.25, -0.2) is 4.98 Å². The van der Waals surface area contributed by atoms with Crippen LogP contribution in [0.15, 0.2) is 5.51 Å². The lowest BCUT2D eigenvalue weighted by Crippen LogP contribution is -2.17. The van der Waals surface area contributed by atoms with Crippen LogP contribution in [0, 0.1) is 18.3 Å². The molecule has 1 aliphatic rings. The van der Waals surface area contributed by atoms with E-state index in [-0.39, 0.29) is 0 Å². The molecule has 0 aliphatic heterocycles. The highest BCUT2D eigenvalue weighted by atomic mass is 32.1. The standard InChI is InChI=1S/C11H18N2S/c1-8-10(14-7-13-8)6-12-5-9-4-11(9,2)3/h7,9,12H,4-6H2,1-3H3. The van der Waals surface area contributed by atoms with E-state index in [0.29, 0.717) is 5.41 Å². The van der Waals surface area contributed by atoms with Crippen molar-refractivity contribution in [2.75, 3.05) is 6.54 Å². The summed E-state index contributed by atoms with van der Waals surface area (Å²) in [6.45, 7) is 8.91. The molecule has 1 unspecified atom stereocenters. The second-order valence-electron chi connectivity index (χ2n) is 4.88.